The predicted molar refractivity (Wildman–Crippen MR) is 84.0 cm³/mol. The third-order valence-corrected chi connectivity index (χ3v) is 3.08. The number of hydrogen-bond donors (Lipinski definition) is 0. The molecular weight excluding hydrogens is 248 g/mol. The highest BCUT2D eigenvalue weighted by atomic mass is 16.5. The van der Waals surface area contributed by atoms with Gasteiger partial charge >= 0.3 is 0 Å². The molecule has 0 N–H and O–H groups in total. The van der Waals surface area contributed by atoms with Crippen molar-refractivity contribution < 1.29 is 4.74 Å². The summed E-state index contributed by atoms with van der Waals surface area (Å²) >= 11 is 0. The van der Waals surface area contributed by atoms with Crippen LogP contribution < -0.4 is 0 Å². The molecule has 0 saturated heterocycles. The van der Waals surface area contributed by atoms with Crippen LogP contribution in [0.5, 0.6) is 0 Å². The Morgan fingerprint density at radius 1 is 1.20 bits per heavy atom. The van der Waals surface area contributed by atoms with Gasteiger partial charge in [0.1, 0.15) is 0 Å². The van der Waals surface area contributed by atoms with E-state index in [1.807, 2.05) is 26.8 Å². The van der Waals surface area contributed by atoms with Crippen LogP contribution in [0.1, 0.15) is 52.5 Å². The Balaban J connectivity index is 2.39. The Morgan fingerprint density at radius 3 is 2.50 bits per heavy atom. The number of benzene rings is 1. The fourth-order valence-corrected chi connectivity index (χ4v) is 2.07. The minimum Gasteiger partial charge on any atom is -0.352 e. The molecule has 1 unspecified atom stereocenters. The molecule has 0 amide bonds. The largest absolute Gasteiger partial charge is 0.352 e. The number of rotatable bonds is 9. The molecule has 0 fully saturated rings. The van der Waals surface area contributed by atoms with Crippen molar-refractivity contribution in [3.8, 4) is 0 Å². The molecule has 1 atom stereocenters. The van der Waals surface area contributed by atoms with Gasteiger partial charge in [-0.3, -0.25) is 0 Å². The van der Waals surface area contributed by atoms with E-state index in [1.54, 1.807) is 0 Å². The average molecular weight is 276 g/mol. The SMILES string of the molecule is CCCC(C)(/N=N/C(C)C)OCCCc1ccccc1. The van der Waals surface area contributed by atoms with E-state index in [-0.39, 0.29) is 6.04 Å². The van der Waals surface area contributed by atoms with Crippen LogP contribution in [0.4, 0.5) is 0 Å². The van der Waals surface area contributed by atoms with Gasteiger partial charge in [-0.15, -0.1) is 0 Å². The van der Waals surface area contributed by atoms with Crippen molar-refractivity contribution in [3.63, 3.8) is 0 Å². The number of nitrogens with zero attached hydrogens (tertiary/aromatic N) is 2. The fraction of sp³-hybridized carbons (Fsp3) is 0.647. The second-order valence-electron chi connectivity index (χ2n) is 5.67. The molecule has 112 valence electrons. The number of ether oxygens (including phenoxy) is 1. The van der Waals surface area contributed by atoms with Gasteiger partial charge < -0.3 is 4.74 Å². The van der Waals surface area contributed by atoms with Gasteiger partial charge in [-0.1, -0.05) is 43.7 Å². The molecule has 0 bridgehead atoms. The molecule has 0 spiro atoms. The summed E-state index contributed by atoms with van der Waals surface area (Å²) in [4.78, 5) is 0. The third-order valence-electron chi connectivity index (χ3n) is 3.08. The molecule has 0 aliphatic rings. The highest BCUT2D eigenvalue weighted by Gasteiger charge is 2.23. The summed E-state index contributed by atoms with van der Waals surface area (Å²) in [6.07, 6.45) is 4.02. The molecule has 3 heteroatoms. The Labute approximate surface area is 123 Å². The molecule has 0 aliphatic carbocycles. The van der Waals surface area contributed by atoms with Crippen LogP contribution in [0.25, 0.3) is 0 Å². The van der Waals surface area contributed by atoms with E-state index in [1.165, 1.54) is 5.56 Å². The zero-order chi connectivity index (χ0) is 14.8. The lowest BCUT2D eigenvalue weighted by Gasteiger charge is -2.24. The second kappa shape index (κ2) is 8.85. The maximum atomic E-state index is 5.98. The second-order valence-corrected chi connectivity index (χ2v) is 5.67. The summed E-state index contributed by atoms with van der Waals surface area (Å²) in [5, 5.41) is 8.64. The smallest absolute Gasteiger partial charge is 0.176 e. The van der Waals surface area contributed by atoms with Crippen LogP contribution in [-0.2, 0) is 11.2 Å². The number of aryl methyl sites for hydroxylation is 1. The van der Waals surface area contributed by atoms with Crippen LogP contribution in [0, 0.1) is 0 Å². The zero-order valence-corrected chi connectivity index (χ0v) is 13.3. The summed E-state index contributed by atoms with van der Waals surface area (Å²) in [5.41, 5.74) is 0.896. The van der Waals surface area contributed by atoms with Crippen molar-refractivity contribution in [1.82, 2.24) is 0 Å². The molecule has 0 aliphatic heterocycles. The topological polar surface area (TPSA) is 34.0 Å². The van der Waals surface area contributed by atoms with E-state index in [4.69, 9.17) is 4.74 Å². The van der Waals surface area contributed by atoms with Crippen molar-refractivity contribution in [2.45, 2.75) is 65.1 Å². The summed E-state index contributed by atoms with van der Waals surface area (Å²) in [6.45, 7) is 8.97. The minimum atomic E-state index is -0.463. The third kappa shape index (κ3) is 6.80. The lowest BCUT2D eigenvalue weighted by atomic mass is 10.1. The summed E-state index contributed by atoms with van der Waals surface area (Å²) in [6, 6.07) is 10.7. The molecule has 1 rings (SSSR count). The molecule has 1 aromatic carbocycles. The first-order valence-electron chi connectivity index (χ1n) is 7.65. The van der Waals surface area contributed by atoms with Crippen LogP contribution in [0.15, 0.2) is 40.6 Å². The Hall–Kier alpha value is -1.22. The van der Waals surface area contributed by atoms with Gasteiger partial charge in [0, 0.05) is 6.61 Å². The number of hydrogen-bond acceptors (Lipinski definition) is 3. The number of azo groups is 1. The van der Waals surface area contributed by atoms with Crippen LogP contribution in [0.3, 0.4) is 0 Å². The van der Waals surface area contributed by atoms with Gasteiger partial charge in [0.15, 0.2) is 5.72 Å². The lowest BCUT2D eigenvalue weighted by molar-refractivity contribution is -0.0384. The van der Waals surface area contributed by atoms with Gasteiger partial charge in [-0.2, -0.15) is 10.2 Å². The van der Waals surface area contributed by atoms with Crippen LogP contribution in [-0.4, -0.2) is 18.4 Å². The molecule has 20 heavy (non-hydrogen) atoms. The Bertz CT molecular complexity index is 389. The van der Waals surface area contributed by atoms with Crippen molar-refractivity contribution in [3.05, 3.63) is 35.9 Å². The van der Waals surface area contributed by atoms with E-state index in [2.05, 4.69) is 41.4 Å². The van der Waals surface area contributed by atoms with E-state index >= 15 is 0 Å². The lowest BCUT2D eigenvalue weighted by Crippen LogP contribution is -2.26. The minimum absolute atomic E-state index is 0.221. The Kier molecular flexibility index (Phi) is 7.45. The first-order valence-corrected chi connectivity index (χ1v) is 7.65. The van der Waals surface area contributed by atoms with E-state index < -0.39 is 5.72 Å². The molecule has 1 aromatic rings. The average Bonchev–Trinajstić information content (AvgIpc) is 2.43. The first-order chi connectivity index (χ1) is 9.56. The van der Waals surface area contributed by atoms with Gasteiger partial charge in [-0.25, -0.2) is 0 Å². The standard InChI is InChI=1S/C17H28N2O/c1-5-13-17(4,19-18-15(2)3)20-14-9-12-16-10-7-6-8-11-16/h6-8,10-11,15H,5,9,12-14H2,1-4H3/b19-18+. The summed E-state index contributed by atoms with van der Waals surface area (Å²) in [5.74, 6) is 0. The maximum absolute atomic E-state index is 5.98. The molecule has 0 aromatic heterocycles. The van der Waals surface area contributed by atoms with Crippen molar-refractivity contribution >= 4 is 0 Å². The van der Waals surface area contributed by atoms with Gasteiger partial charge in [-0.05, 0) is 45.6 Å². The maximum Gasteiger partial charge on any atom is 0.176 e. The highest BCUT2D eigenvalue weighted by Crippen LogP contribution is 2.21. The van der Waals surface area contributed by atoms with Crippen LogP contribution >= 0.6 is 0 Å². The monoisotopic (exact) mass is 276 g/mol. The quantitative estimate of drug-likeness (QED) is 0.461. The molecule has 0 radical (unpaired) electrons. The van der Waals surface area contributed by atoms with Gasteiger partial charge in [0.2, 0.25) is 0 Å². The fourth-order valence-electron chi connectivity index (χ4n) is 2.07. The van der Waals surface area contributed by atoms with E-state index in [0.717, 1.165) is 32.3 Å². The highest BCUT2D eigenvalue weighted by molar-refractivity contribution is 5.14. The van der Waals surface area contributed by atoms with E-state index in [9.17, 15) is 0 Å². The first kappa shape index (κ1) is 16.8. The predicted octanol–water partition coefficient (Wildman–Crippen LogP) is 5.01. The molecule has 3 nitrogen and oxygen atoms in total. The Morgan fingerprint density at radius 2 is 1.90 bits per heavy atom. The molecular formula is C17H28N2O. The molecule has 0 heterocycles. The zero-order valence-electron chi connectivity index (χ0n) is 13.3. The van der Waals surface area contributed by atoms with Gasteiger partial charge in [0.25, 0.3) is 0 Å². The van der Waals surface area contributed by atoms with Crippen molar-refractivity contribution in [2.75, 3.05) is 6.61 Å². The van der Waals surface area contributed by atoms with Gasteiger partial charge in [0.05, 0.1) is 6.04 Å². The molecule has 0 saturated carbocycles. The van der Waals surface area contributed by atoms with E-state index in [0.29, 0.717) is 0 Å². The summed E-state index contributed by atoms with van der Waals surface area (Å²) in [7, 11) is 0. The van der Waals surface area contributed by atoms with Crippen LogP contribution in [0.2, 0.25) is 0 Å². The van der Waals surface area contributed by atoms with Crippen molar-refractivity contribution in [1.29, 1.82) is 0 Å². The van der Waals surface area contributed by atoms with Crippen molar-refractivity contribution in [2.24, 2.45) is 10.2 Å². The summed E-state index contributed by atoms with van der Waals surface area (Å²) < 4.78 is 5.98. The normalized spacial score (nSPS) is 14.8.